The maximum atomic E-state index is 12.3. The summed E-state index contributed by atoms with van der Waals surface area (Å²) in [6.07, 6.45) is 1.78. The third-order valence-corrected chi connectivity index (χ3v) is 6.22. The number of carbonyl (C=O) groups is 2. The van der Waals surface area contributed by atoms with Gasteiger partial charge in [-0.15, -0.1) is 28.5 Å². The summed E-state index contributed by atoms with van der Waals surface area (Å²) in [6, 6.07) is 14.3. The Morgan fingerprint density at radius 3 is 2.45 bits per heavy atom. The molecule has 31 heavy (non-hydrogen) atoms. The lowest BCUT2D eigenvalue weighted by molar-refractivity contribution is -0.113. The summed E-state index contributed by atoms with van der Waals surface area (Å²) in [5, 5.41) is 20.9. The Labute approximate surface area is 189 Å². The third kappa shape index (κ3) is 6.47. The minimum absolute atomic E-state index is 0.154. The highest BCUT2D eigenvalue weighted by atomic mass is 32.2. The van der Waals surface area contributed by atoms with E-state index >= 15 is 0 Å². The topological polar surface area (TPSA) is 97.1 Å². The molecule has 0 bridgehead atoms. The van der Waals surface area contributed by atoms with Gasteiger partial charge >= 0.3 is 5.97 Å². The highest BCUT2D eigenvalue weighted by Gasteiger charge is 2.14. The number of rotatable bonds is 10. The van der Waals surface area contributed by atoms with E-state index in [1.807, 2.05) is 4.57 Å². The van der Waals surface area contributed by atoms with Crippen LogP contribution in [0.15, 0.2) is 71.2 Å². The Bertz CT molecular complexity index is 1060. The second kappa shape index (κ2) is 10.8. The zero-order chi connectivity index (χ0) is 22.2. The summed E-state index contributed by atoms with van der Waals surface area (Å²) in [7, 11) is 0. The molecule has 3 aromatic rings. The van der Waals surface area contributed by atoms with E-state index in [4.69, 9.17) is 5.11 Å². The number of anilines is 1. The molecule has 0 saturated carbocycles. The minimum atomic E-state index is -1.01. The molecule has 2 aromatic carbocycles. The largest absolute Gasteiger partial charge is 0.478 e. The van der Waals surface area contributed by atoms with E-state index in [0.717, 1.165) is 10.7 Å². The Hall–Kier alpha value is -3.04. The van der Waals surface area contributed by atoms with Gasteiger partial charge in [-0.1, -0.05) is 35.5 Å². The Morgan fingerprint density at radius 1 is 1.10 bits per heavy atom. The van der Waals surface area contributed by atoms with Crippen LogP contribution in [0.4, 0.5) is 5.69 Å². The average molecular weight is 455 g/mol. The third-order valence-electron chi connectivity index (χ3n) is 4.24. The first-order chi connectivity index (χ1) is 15.0. The molecule has 0 spiro atoms. The lowest BCUT2D eigenvalue weighted by Gasteiger charge is -2.08. The molecule has 0 saturated heterocycles. The van der Waals surface area contributed by atoms with Crippen molar-refractivity contribution in [1.82, 2.24) is 14.8 Å². The van der Waals surface area contributed by atoms with Crippen molar-refractivity contribution < 1.29 is 14.7 Å². The van der Waals surface area contributed by atoms with Crippen LogP contribution in [0, 0.1) is 6.92 Å². The molecule has 9 heteroatoms. The van der Waals surface area contributed by atoms with Crippen LogP contribution in [0.25, 0.3) is 0 Å². The number of allylic oxidation sites excluding steroid dienone is 1. The summed E-state index contributed by atoms with van der Waals surface area (Å²) in [4.78, 5) is 24.3. The molecule has 0 radical (unpaired) electrons. The zero-order valence-corrected chi connectivity index (χ0v) is 18.6. The number of nitrogens with one attached hydrogen (secondary N) is 1. The van der Waals surface area contributed by atoms with Crippen LogP contribution in [0.1, 0.15) is 21.7 Å². The first-order valence-electron chi connectivity index (χ1n) is 9.44. The molecular formula is C22H22N4O3S2. The SMILES string of the molecule is C=CCn1c(CSc2ccc(C)cc2)nnc1SCC(=O)Nc1ccc(C(=O)O)cc1. The molecule has 1 amide bonds. The maximum Gasteiger partial charge on any atom is 0.335 e. The minimum Gasteiger partial charge on any atom is -0.478 e. The first kappa shape index (κ1) is 22.6. The van der Waals surface area contributed by atoms with Gasteiger partial charge in [-0.2, -0.15) is 0 Å². The number of carboxylic acids is 1. The molecular weight excluding hydrogens is 432 g/mol. The van der Waals surface area contributed by atoms with Crippen molar-refractivity contribution in [2.75, 3.05) is 11.1 Å². The van der Waals surface area contributed by atoms with Gasteiger partial charge in [-0.25, -0.2) is 4.79 Å². The Morgan fingerprint density at radius 2 is 1.81 bits per heavy atom. The molecule has 0 fully saturated rings. The summed E-state index contributed by atoms with van der Waals surface area (Å²) in [5.74, 6) is 0.411. The molecule has 1 aromatic heterocycles. The highest BCUT2D eigenvalue weighted by molar-refractivity contribution is 7.99. The number of carbonyl (C=O) groups excluding carboxylic acids is 1. The summed E-state index contributed by atoms with van der Waals surface area (Å²) in [6.45, 7) is 6.41. The van der Waals surface area contributed by atoms with Gasteiger partial charge in [0, 0.05) is 17.1 Å². The maximum absolute atomic E-state index is 12.3. The van der Waals surface area contributed by atoms with Gasteiger partial charge in [-0.05, 0) is 43.3 Å². The standard InChI is InChI=1S/C22H22N4O3S2/c1-3-12-26-19(13-30-18-10-4-15(2)5-11-18)24-25-22(26)31-14-20(27)23-17-8-6-16(7-9-17)21(28)29/h3-11H,1,12-14H2,2H3,(H,23,27)(H,28,29). The average Bonchev–Trinajstić information content (AvgIpc) is 3.14. The predicted octanol–water partition coefficient (Wildman–Crippen LogP) is 4.49. The molecule has 7 nitrogen and oxygen atoms in total. The number of amides is 1. The van der Waals surface area contributed by atoms with Gasteiger partial charge in [0.05, 0.1) is 17.1 Å². The van der Waals surface area contributed by atoms with Crippen molar-refractivity contribution in [2.24, 2.45) is 0 Å². The van der Waals surface area contributed by atoms with Gasteiger partial charge in [0.1, 0.15) is 5.82 Å². The second-order valence-electron chi connectivity index (χ2n) is 6.62. The van der Waals surface area contributed by atoms with Crippen LogP contribution in [-0.4, -0.2) is 37.5 Å². The van der Waals surface area contributed by atoms with E-state index in [1.165, 1.54) is 29.5 Å². The van der Waals surface area contributed by atoms with Gasteiger partial charge < -0.3 is 15.0 Å². The number of aryl methyl sites for hydroxylation is 1. The van der Waals surface area contributed by atoms with Gasteiger partial charge in [-0.3, -0.25) is 4.79 Å². The molecule has 0 aliphatic heterocycles. The van der Waals surface area contributed by atoms with Crippen molar-refractivity contribution in [3.05, 3.63) is 78.1 Å². The van der Waals surface area contributed by atoms with Crippen molar-refractivity contribution in [1.29, 1.82) is 0 Å². The fourth-order valence-corrected chi connectivity index (χ4v) is 4.26. The van der Waals surface area contributed by atoms with E-state index in [0.29, 0.717) is 23.1 Å². The number of nitrogens with zero attached hydrogens (tertiary/aromatic N) is 3. The van der Waals surface area contributed by atoms with Crippen LogP contribution >= 0.6 is 23.5 Å². The molecule has 160 valence electrons. The Balaban J connectivity index is 1.58. The molecule has 0 unspecified atom stereocenters. The zero-order valence-electron chi connectivity index (χ0n) is 16.9. The van der Waals surface area contributed by atoms with E-state index in [9.17, 15) is 9.59 Å². The van der Waals surface area contributed by atoms with Crippen LogP contribution in [0.2, 0.25) is 0 Å². The van der Waals surface area contributed by atoms with Crippen LogP contribution < -0.4 is 5.32 Å². The lowest BCUT2D eigenvalue weighted by atomic mass is 10.2. The molecule has 1 heterocycles. The lowest BCUT2D eigenvalue weighted by Crippen LogP contribution is -2.15. The van der Waals surface area contributed by atoms with Gasteiger partial charge in [0.15, 0.2) is 5.16 Å². The number of carboxylic acid groups (broad SMARTS) is 1. The van der Waals surface area contributed by atoms with Crippen LogP contribution in [-0.2, 0) is 17.1 Å². The molecule has 0 atom stereocenters. The fraction of sp³-hybridized carbons (Fsp3) is 0.182. The molecule has 2 N–H and O–H groups in total. The molecule has 0 aliphatic rings. The van der Waals surface area contributed by atoms with Crippen molar-refractivity contribution >= 4 is 41.1 Å². The van der Waals surface area contributed by atoms with E-state index in [-0.39, 0.29) is 17.2 Å². The summed E-state index contributed by atoms with van der Waals surface area (Å²) in [5.41, 5.74) is 1.92. The smallest absolute Gasteiger partial charge is 0.335 e. The second-order valence-corrected chi connectivity index (χ2v) is 8.61. The van der Waals surface area contributed by atoms with Crippen molar-refractivity contribution in [3.8, 4) is 0 Å². The van der Waals surface area contributed by atoms with Crippen molar-refractivity contribution in [3.63, 3.8) is 0 Å². The number of aromatic nitrogens is 3. The van der Waals surface area contributed by atoms with Gasteiger partial charge in [0.2, 0.25) is 5.91 Å². The number of benzene rings is 2. The van der Waals surface area contributed by atoms with E-state index in [2.05, 4.69) is 53.3 Å². The quantitative estimate of drug-likeness (QED) is 0.344. The summed E-state index contributed by atoms with van der Waals surface area (Å²) < 4.78 is 1.95. The molecule has 3 rings (SSSR count). The van der Waals surface area contributed by atoms with E-state index in [1.54, 1.807) is 30.0 Å². The van der Waals surface area contributed by atoms with Gasteiger partial charge in [0.25, 0.3) is 0 Å². The highest BCUT2D eigenvalue weighted by Crippen LogP contribution is 2.25. The van der Waals surface area contributed by atoms with Crippen molar-refractivity contribution in [2.45, 2.75) is 29.3 Å². The number of aromatic carboxylic acids is 1. The summed E-state index contributed by atoms with van der Waals surface area (Å²) >= 11 is 2.97. The number of hydrogen-bond acceptors (Lipinski definition) is 6. The first-order valence-corrected chi connectivity index (χ1v) is 11.4. The normalized spacial score (nSPS) is 10.6. The molecule has 0 aliphatic carbocycles. The van der Waals surface area contributed by atoms with Crippen LogP contribution in [0.5, 0.6) is 0 Å². The number of thioether (sulfide) groups is 2. The Kier molecular flexibility index (Phi) is 7.91. The number of hydrogen-bond donors (Lipinski definition) is 2. The fourth-order valence-electron chi connectivity index (χ4n) is 2.65. The monoisotopic (exact) mass is 454 g/mol. The predicted molar refractivity (Wildman–Crippen MR) is 124 cm³/mol. The van der Waals surface area contributed by atoms with E-state index < -0.39 is 5.97 Å². The van der Waals surface area contributed by atoms with Crippen LogP contribution in [0.3, 0.4) is 0 Å².